The second kappa shape index (κ2) is 5.27. The SMILES string of the molecule is CC1(C)c2c(O)c(O)c(-c3cc4c(cn3)C3CCC4C3)c(O)c2C(C)(C)C1(C)C. The van der Waals surface area contributed by atoms with Crippen LogP contribution in [-0.4, -0.2) is 20.3 Å². The van der Waals surface area contributed by atoms with Crippen LogP contribution in [0, 0.1) is 5.41 Å². The molecule has 4 nitrogen and oxygen atoms in total. The van der Waals surface area contributed by atoms with Gasteiger partial charge in [-0.15, -0.1) is 0 Å². The fourth-order valence-electron chi connectivity index (χ4n) is 6.44. The van der Waals surface area contributed by atoms with Gasteiger partial charge in [0.15, 0.2) is 11.5 Å². The Hall–Kier alpha value is -2.23. The van der Waals surface area contributed by atoms with Crippen LogP contribution in [0.3, 0.4) is 0 Å². The molecule has 2 atom stereocenters. The number of hydrogen-bond acceptors (Lipinski definition) is 4. The molecule has 1 heterocycles. The van der Waals surface area contributed by atoms with E-state index in [1.54, 1.807) is 0 Å². The number of aromatic nitrogens is 1. The van der Waals surface area contributed by atoms with Gasteiger partial charge in [-0.1, -0.05) is 41.5 Å². The maximum Gasteiger partial charge on any atom is 0.171 e. The lowest BCUT2D eigenvalue weighted by Crippen LogP contribution is -2.42. The molecule has 154 valence electrons. The molecule has 0 amide bonds. The van der Waals surface area contributed by atoms with Crippen molar-refractivity contribution in [2.75, 3.05) is 0 Å². The number of hydrogen-bond donors (Lipinski definition) is 3. The quantitative estimate of drug-likeness (QED) is 0.421. The summed E-state index contributed by atoms with van der Waals surface area (Å²) >= 11 is 0. The topological polar surface area (TPSA) is 73.6 Å². The van der Waals surface area contributed by atoms with Crippen molar-refractivity contribution in [1.29, 1.82) is 0 Å². The fraction of sp³-hybridized carbons (Fsp3) is 0.560. The van der Waals surface area contributed by atoms with E-state index in [1.807, 2.05) is 12.3 Å². The van der Waals surface area contributed by atoms with E-state index in [9.17, 15) is 15.3 Å². The Morgan fingerprint density at radius 1 is 0.793 bits per heavy atom. The minimum Gasteiger partial charge on any atom is -0.507 e. The molecule has 1 aromatic carbocycles. The first-order chi connectivity index (χ1) is 13.4. The number of pyridine rings is 1. The van der Waals surface area contributed by atoms with E-state index in [-0.39, 0.29) is 28.2 Å². The van der Waals surface area contributed by atoms with Crippen molar-refractivity contribution in [3.63, 3.8) is 0 Å². The molecule has 2 unspecified atom stereocenters. The molecule has 0 radical (unpaired) electrons. The maximum absolute atomic E-state index is 11.4. The molecule has 2 bridgehead atoms. The third kappa shape index (κ3) is 1.98. The van der Waals surface area contributed by atoms with E-state index in [0.717, 1.165) is 5.56 Å². The van der Waals surface area contributed by atoms with Crippen molar-refractivity contribution in [2.24, 2.45) is 5.41 Å². The van der Waals surface area contributed by atoms with Gasteiger partial charge in [-0.25, -0.2) is 0 Å². The molecule has 29 heavy (non-hydrogen) atoms. The van der Waals surface area contributed by atoms with Crippen LogP contribution in [0.1, 0.15) is 94.9 Å². The summed E-state index contributed by atoms with van der Waals surface area (Å²) in [5.41, 5.74) is 3.72. The molecule has 1 saturated carbocycles. The van der Waals surface area contributed by atoms with Gasteiger partial charge < -0.3 is 15.3 Å². The summed E-state index contributed by atoms with van der Waals surface area (Å²) in [6.07, 6.45) is 5.52. The summed E-state index contributed by atoms with van der Waals surface area (Å²) in [5, 5.41) is 33.5. The number of aromatic hydroxyl groups is 3. The molecular formula is C25H31NO3. The Balaban J connectivity index is 1.79. The standard InChI is InChI=1S/C25H31NO3/c1-23(2)18-19(24(3,4)25(23,5)6)22(29)21(28)17(20(18)27)16-10-14-12-7-8-13(9-12)15(14)11-26-16/h10-13,27-29H,7-9H2,1-6H3. The van der Waals surface area contributed by atoms with Gasteiger partial charge in [0, 0.05) is 17.3 Å². The average molecular weight is 394 g/mol. The summed E-state index contributed by atoms with van der Waals surface area (Å²) < 4.78 is 0. The first-order valence-corrected chi connectivity index (χ1v) is 10.7. The number of phenolic OH excluding ortho intramolecular Hbond substituents is 3. The summed E-state index contributed by atoms with van der Waals surface area (Å²) in [7, 11) is 0. The minimum atomic E-state index is -0.423. The maximum atomic E-state index is 11.4. The highest BCUT2D eigenvalue weighted by Gasteiger charge is 2.60. The van der Waals surface area contributed by atoms with Gasteiger partial charge in [-0.05, 0) is 64.5 Å². The molecule has 3 N–H and O–H groups in total. The predicted octanol–water partition coefficient (Wildman–Crippen LogP) is 5.83. The lowest BCUT2D eigenvalue weighted by Gasteiger charge is -2.44. The van der Waals surface area contributed by atoms with Gasteiger partial charge in [-0.3, -0.25) is 4.98 Å². The molecule has 2 aromatic rings. The fourth-order valence-corrected chi connectivity index (χ4v) is 6.44. The van der Waals surface area contributed by atoms with E-state index in [1.165, 1.54) is 30.4 Å². The molecule has 3 aliphatic carbocycles. The third-order valence-electron chi connectivity index (χ3n) is 9.33. The van der Waals surface area contributed by atoms with Crippen molar-refractivity contribution in [2.45, 2.75) is 83.5 Å². The van der Waals surface area contributed by atoms with Crippen LogP contribution in [0.5, 0.6) is 17.2 Å². The largest absolute Gasteiger partial charge is 0.507 e. The van der Waals surface area contributed by atoms with Crippen LogP contribution in [-0.2, 0) is 10.8 Å². The van der Waals surface area contributed by atoms with Crippen LogP contribution in [0.25, 0.3) is 11.3 Å². The lowest BCUT2D eigenvalue weighted by atomic mass is 9.59. The van der Waals surface area contributed by atoms with Gasteiger partial charge in [0.05, 0.1) is 11.3 Å². The van der Waals surface area contributed by atoms with Gasteiger partial charge in [0.1, 0.15) is 5.75 Å². The molecule has 0 saturated heterocycles. The predicted molar refractivity (Wildman–Crippen MR) is 114 cm³/mol. The number of phenols is 3. The molecule has 0 spiro atoms. The van der Waals surface area contributed by atoms with Gasteiger partial charge >= 0.3 is 0 Å². The van der Waals surface area contributed by atoms with Crippen molar-refractivity contribution >= 4 is 0 Å². The van der Waals surface area contributed by atoms with E-state index in [2.05, 4.69) is 46.5 Å². The summed E-state index contributed by atoms with van der Waals surface area (Å²) in [5.74, 6) is 0.819. The van der Waals surface area contributed by atoms with Crippen molar-refractivity contribution in [1.82, 2.24) is 4.98 Å². The van der Waals surface area contributed by atoms with Crippen LogP contribution < -0.4 is 0 Å². The molecule has 1 fully saturated rings. The number of nitrogens with zero attached hydrogens (tertiary/aromatic N) is 1. The first-order valence-electron chi connectivity index (χ1n) is 10.7. The second-order valence-corrected chi connectivity index (χ2v) is 11.0. The Labute approximate surface area is 172 Å². The Kier molecular flexibility index (Phi) is 3.41. The summed E-state index contributed by atoms with van der Waals surface area (Å²) in [6.45, 7) is 12.7. The van der Waals surface area contributed by atoms with Crippen LogP contribution in [0.4, 0.5) is 0 Å². The third-order valence-corrected chi connectivity index (χ3v) is 9.33. The number of fused-ring (bicyclic) bond motifs is 6. The highest BCUT2D eigenvalue weighted by atomic mass is 16.3. The lowest BCUT2D eigenvalue weighted by molar-refractivity contribution is 0.122. The van der Waals surface area contributed by atoms with E-state index in [0.29, 0.717) is 23.1 Å². The normalized spacial score (nSPS) is 27.1. The Bertz CT molecular complexity index is 1060. The van der Waals surface area contributed by atoms with Crippen LogP contribution in [0.15, 0.2) is 12.3 Å². The zero-order valence-corrected chi connectivity index (χ0v) is 18.2. The Morgan fingerprint density at radius 2 is 1.34 bits per heavy atom. The Morgan fingerprint density at radius 3 is 1.97 bits per heavy atom. The van der Waals surface area contributed by atoms with E-state index < -0.39 is 10.8 Å². The van der Waals surface area contributed by atoms with Gasteiger partial charge in [0.25, 0.3) is 0 Å². The highest BCUT2D eigenvalue weighted by Crippen LogP contribution is 2.68. The highest BCUT2D eigenvalue weighted by molar-refractivity contribution is 5.83. The summed E-state index contributed by atoms with van der Waals surface area (Å²) in [4.78, 5) is 4.62. The van der Waals surface area contributed by atoms with E-state index >= 15 is 0 Å². The molecule has 4 heteroatoms. The first kappa shape index (κ1) is 18.8. The average Bonchev–Trinajstić information content (AvgIpc) is 3.28. The molecule has 1 aromatic heterocycles. The minimum absolute atomic E-state index is 0.0505. The van der Waals surface area contributed by atoms with Crippen molar-refractivity contribution in [3.8, 4) is 28.5 Å². The number of benzene rings is 1. The molecule has 5 rings (SSSR count). The monoisotopic (exact) mass is 393 g/mol. The summed E-state index contributed by atoms with van der Waals surface area (Å²) in [6, 6.07) is 2.03. The van der Waals surface area contributed by atoms with Crippen LogP contribution in [0.2, 0.25) is 0 Å². The number of rotatable bonds is 1. The van der Waals surface area contributed by atoms with Gasteiger partial charge in [-0.2, -0.15) is 0 Å². The van der Waals surface area contributed by atoms with E-state index in [4.69, 9.17) is 0 Å². The zero-order valence-electron chi connectivity index (χ0n) is 18.2. The van der Waals surface area contributed by atoms with Crippen LogP contribution >= 0.6 is 0 Å². The smallest absolute Gasteiger partial charge is 0.171 e. The molecule has 3 aliphatic rings. The molecule has 0 aliphatic heterocycles. The van der Waals surface area contributed by atoms with Crippen molar-refractivity contribution in [3.05, 3.63) is 34.5 Å². The zero-order chi connectivity index (χ0) is 21.1. The molecular weight excluding hydrogens is 362 g/mol. The van der Waals surface area contributed by atoms with Gasteiger partial charge in [0.2, 0.25) is 0 Å². The second-order valence-electron chi connectivity index (χ2n) is 11.0. The van der Waals surface area contributed by atoms with Crippen molar-refractivity contribution < 1.29 is 15.3 Å².